The second-order valence-corrected chi connectivity index (χ2v) is 6.09. The van der Waals surface area contributed by atoms with E-state index in [0.717, 1.165) is 46.1 Å². The SMILES string of the molecule is Cc1cn2nc(C3=CCc4nc(C5CC5)ncc43)ccc2n1. The zero-order valence-electron chi connectivity index (χ0n) is 12.3. The van der Waals surface area contributed by atoms with Crippen molar-refractivity contribution in [2.45, 2.75) is 32.1 Å². The average molecular weight is 289 g/mol. The lowest BCUT2D eigenvalue weighted by atomic mass is 10.1. The molecule has 0 radical (unpaired) electrons. The lowest BCUT2D eigenvalue weighted by molar-refractivity contribution is 0.892. The molecule has 0 unspecified atom stereocenters. The molecule has 3 heterocycles. The van der Waals surface area contributed by atoms with Crippen LogP contribution in [-0.4, -0.2) is 24.6 Å². The monoisotopic (exact) mass is 289 g/mol. The quantitative estimate of drug-likeness (QED) is 0.728. The van der Waals surface area contributed by atoms with Gasteiger partial charge in [0.05, 0.1) is 23.3 Å². The molecule has 3 aromatic heterocycles. The summed E-state index contributed by atoms with van der Waals surface area (Å²) < 4.78 is 1.84. The fraction of sp³-hybridized carbons (Fsp3) is 0.294. The van der Waals surface area contributed by atoms with Gasteiger partial charge in [0.15, 0.2) is 5.65 Å². The Morgan fingerprint density at radius 1 is 1.18 bits per heavy atom. The van der Waals surface area contributed by atoms with E-state index in [0.29, 0.717) is 5.92 Å². The highest BCUT2D eigenvalue weighted by Gasteiger charge is 2.28. The first-order valence-corrected chi connectivity index (χ1v) is 7.68. The summed E-state index contributed by atoms with van der Waals surface area (Å²) in [4.78, 5) is 13.7. The van der Waals surface area contributed by atoms with E-state index < -0.39 is 0 Å². The van der Waals surface area contributed by atoms with Crippen molar-refractivity contribution in [3.8, 4) is 0 Å². The van der Waals surface area contributed by atoms with Crippen LogP contribution in [0.4, 0.5) is 0 Å². The van der Waals surface area contributed by atoms with Crippen LogP contribution in [0.25, 0.3) is 11.2 Å². The van der Waals surface area contributed by atoms with Gasteiger partial charge in [-0.3, -0.25) is 0 Å². The maximum Gasteiger partial charge on any atom is 0.153 e. The number of fused-ring (bicyclic) bond motifs is 2. The molecule has 5 rings (SSSR count). The summed E-state index contributed by atoms with van der Waals surface area (Å²) in [5.74, 6) is 1.61. The Bertz CT molecular complexity index is 933. The first-order chi connectivity index (χ1) is 10.8. The second-order valence-electron chi connectivity index (χ2n) is 6.09. The number of imidazole rings is 1. The van der Waals surface area contributed by atoms with Crippen molar-refractivity contribution in [3.05, 3.63) is 59.1 Å². The highest BCUT2D eigenvalue weighted by atomic mass is 15.2. The molecule has 1 fully saturated rings. The van der Waals surface area contributed by atoms with E-state index in [1.807, 2.05) is 36.0 Å². The minimum atomic E-state index is 0.595. The Labute approximate surface area is 127 Å². The fourth-order valence-corrected chi connectivity index (χ4v) is 3.05. The molecule has 0 spiro atoms. The minimum absolute atomic E-state index is 0.595. The van der Waals surface area contributed by atoms with E-state index in [-0.39, 0.29) is 0 Å². The molecule has 2 aliphatic carbocycles. The van der Waals surface area contributed by atoms with Gasteiger partial charge in [-0.1, -0.05) is 6.08 Å². The van der Waals surface area contributed by atoms with Crippen LogP contribution in [0.5, 0.6) is 0 Å². The van der Waals surface area contributed by atoms with E-state index in [9.17, 15) is 0 Å². The standard InChI is InChI=1S/C17H15N5/c1-10-9-22-16(19-10)7-6-15(21-22)12-4-5-14-13(12)8-18-17(20-14)11-2-3-11/h4,6-9,11H,2-3,5H2,1H3. The van der Waals surface area contributed by atoms with Gasteiger partial charge in [0, 0.05) is 29.7 Å². The molecule has 0 bridgehead atoms. The molecule has 22 heavy (non-hydrogen) atoms. The predicted octanol–water partition coefficient (Wildman–Crippen LogP) is 2.69. The predicted molar refractivity (Wildman–Crippen MR) is 82.5 cm³/mol. The molecule has 2 aliphatic rings. The number of nitrogens with zero attached hydrogens (tertiary/aromatic N) is 5. The summed E-state index contributed by atoms with van der Waals surface area (Å²) >= 11 is 0. The van der Waals surface area contributed by atoms with E-state index in [4.69, 9.17) is 4.98 Å². The molecule has 3 aromatic rings. The lowest BCUT2D eigenvalue weighted by Gasteiger charge is -2.06. The summed E-state index contributed by atoms with van der Waals surface area (Å²) in [5, 5.41) is 4.68. The van der Waals surface area contributed by atoms with Gasteiger partial charge in [-0.15, -0.1) is 0 Å². The van der Waals surface area contributed by atoms with Crippen LogP contribution in [0.15, 0.2) is 30.6 Å². The Morgan fingerprint density at radius 2 is 2.09 bits per heavy atom. The van der Waals surface area contributed by atoms with Crippen LogP contribution in [-0.2, 0) is 6.42 Å². The molecular formula is C17H15N5. The fourth-order valence-electron chi connectivity index (χ4n) is 3.05. The second kappa shape index (κ2) is 4.22. The van der Waals surface area contributed by atoms with Gasteiger partial charge in [-0.05, 0) is 31.9 Å². The smallest absolute Gasteiger partial charge is 0.153 e. The van der Waals surface area contributed by atoms with Crippen LogP contribution in [0.2, 0.25) is 0 Å². The number of hydrogen-bond acceptors (Lipinski definition) is 4. The summed E-state index contributed by atoms with van der Waals surface area (Å²) in [6.45, 7) is 1.98. The first-order valence-electron chi connectivity index (χ1n) is 7.68. The number of aryl methyl sites for hydroxylation is 1. The van der Waals surface area contributed by atoms with Crippen LogP contribution in [0.1, 0.15) is 47.2 Å². The molecule has 1 saturated carbocycles. The van der Waals surface area contributed by atoms with Gasteiger partial charge >= 0.3 is 0 Å². The van der Waals surface area contributed by atoms with Crippen LogP contribution < -0.4 is 0 Å². The molecule has 0 N–H and O–H groups in total. The first kappa shape index (κ1) is 12.0. The lowest BCUT2D eigenvalue weighted by Crippen LogP contribution is -2.01. The van der Waals surface area contributed by atoms with Crippen molar-refractivity contribution in [1.82, 2.24) is 24.6 Å². The summed E-state index contributed by atoms with van der Waals surface area (Å²) in [6.07, 6.45) is 9.46. The van der Waals surface area contributed by atoms with Crippen LogP contribution in [0, 0.1) is 6.92 Å². The van der Waals surface area contributed by atoms with Gasteiger partial charge in [0.25, 0.3) is 0 Å². The summed E-state index contributed by atoms with van der Waals surface area (Å²) in [5.41, 5.74) is 6.18. The highest BCUT2D eigenvalue weighted by molar-refractivity contribution is 5.82. The minimum Gasteiger partial charge on any atom is -0.240 e. The van der Waals surface area contributed by atoms with E-state index in [1.165, 1.54) is 12.8 Å². The van der Waals surface area contributed by atoms with Crippen LogP contribution >= 0.6 is 0 Å². The Hall–Kier alpha value is -2.56. The van der Waals surface area contributed by atoms with Crippen LogP contribution in [0.3, 0.4) is 0 Å². The largest absolute Gasteiger partial charge is 0.240 e. The third kappa shape index (κ3) is 1.78. The molecular weight excluding hydrogens is 274 g/mol. The van der Waals surface area contributed by atoms with Gasteiger partial charge in [-0.2, -0.15) is 5.10 Å². The third-order valence-electron chi connectivity index (χ3n) is 4.33. The van der Waals surface area contributed by atoms with Crippen molar-refractivity contribution in [1.29, 1.82) is 0 Å². The van der Waals surface area contributed by atoms with Gasteiger partial charge in [0.1, 0.15) is 5.82 Å². The van der Waals surface area contributed by atoms with E-state index in [2.05, 4.69) is 21.1 Å². The Morgan fingerprint density at radius 3 is 2.95 bits per heavy atom. The zero-order chi connectivity index (χ0) is 14.7. The third-order valence-corrected chi connectivity index (χ3v) is 4.33. The number of allylic oxidation sites excluding steroid dienone is 1. The molecule has 5 heteroatoms. The average Bonchev–Trinajstić information content (AvgIpc) is 3.18. The van der Waals surface area contributed by atoms with Crippen molar-refractivity contribution in [2.24, 2.45) is 0 Å². The molecule has 0 amide bonds. The maximum atomic E-state index is 4.75. The summed E-state index contributed by atoms with van der Waals surface area (Å²) in [6, 6.07) is 4.03. The van der Waals surface area contributed by atoms with Gasteiger partial charge < -0.3 is 0 Å². The molecule has 0 saturated heterocycles. The van der Waals surface area contributed by atoms with Crippen molar-refractivity contribution < 1.29 is 0 Å². The molecule has 0 aliphatic heterocycles. The normalized spacial score (nSPS) is 16.9. The molecule has 0 atom stereocenters. The number of aromatic nitrogens is 5. The summed E-state index contributed by atoms with van der Waals surface area (Å²) in [7, 11) is 0. The number of hydrogen-bond donors (Lipinski definition) is 0. The van der Waals surface area contributed by atoms with E-state index in [1.54, 1.807) is 0 Å². The molecule has 5 nitrogen and oxygen atoms in total. The Kier molecular flexibility index (Phi) is 2.31. The molecule has 108 valence electrons. The zero-order valence-corrected chi connectivity index (χ0v) is 12.3. The Balaban J connectivity index is 1.58. The van der Waals surface area contributed by atoms with E-state index >= 15 is 0 Å². The molecule has 0 aromatic carbocycles. The maximum absolute atomic E-state index is 4.75. The van der Waals surface area contributed by atoms with Crippen molar-refractivity contribution in [2.75, 3.05) is 0 Å². The van der Waals surface area contributed by atoms with Crippen molar-refractivity contribution >= 4 is 11.2 Å². The van der Waals surface area contributed by atoms with Gasteiger partial charge in [-0.25, -0.2) is 19.5 Å². The number of rotatable bonds is 2. The highest BCUT2D eigenvalue weighted by Crippen LogP contribution is 2.39. The van der Waals surface area contributed by atoms with Crippen molar-refractivity contribution in [3.63, 3.8) is 0 Å². The topological polar surface area (TPSA) is 56.0 Å². The van der Waals surface area contributed by atoms with Gasteiger partial charge in [0.2, 0.25) is 0 Å².